The predicted octanol–water partition coefficient (Wildman–Crippen LogP) is 3.22. The molecule has 0 N–H and O–H groups in total. The summed E-state index contributed by atoms with van der Waals surface area (Å²) in [5.41, 5.74) is 3.23. The molecule has 0 bridgehead atoms. The molecule has 96 valence electrons. The zero-order valence-corrected chi connectivity index (χ0v) is 11.6. The van der Waals surface area contributed by atoms with Crippen LogP contribution in [-0.4, -0.2) is 15.6 Å². The van der Waals surface area contributed by atoms with Gasteiger partial charge in [-0.3, -0.25) is 4.79 Å². The van der Waals surface area contributed by atoms with Gasteiger partial charge in [0.1, 0.15) is 6.07 Å². The molecule has 2 aromatic rings. The first-order valence-corrected chi connectivity index (χ1v) is 6.10. The Morgan fingerprint density at radius 1 is 1.42 bits per heavy atom. The molecule has 0 aliphatic rings. The summed E-state index contributed by atoms with van der Waals surface area (Å²) in [6.07, 6.45) is 0. The maximum atomic E-state index is 11.6. The summed E-state index contributed by atoms with van der Waals surface area (Å²) < 4.78 is 1.67. The fraction of sp³-hybridized carbons (Fsp3) is 0.214. The highest BCUT2D eigenvalue weighted by atomic mass is 35.5. The van der Waals surface area contributed by atoms with E-state index in [1.807, 2.05) is 13.0 Å². The van der Waals surface area contributed by atoms with Gasteiger partial charge in [-0.25, -0.2) is 4.68 Å². The number of aromatic nitrogens is 2. The monoisotopic (exact) mass is 273 g/mol. The van der Waals surface area contributed by atoms with Crippen molar-refractivity contribution in [2.24, 2.45) is 0 Å². The maximum absolute atomic E-state index is 11.6. The van der Waals surface area contributed by atoms with Gasteiger partial charge in [0, 0.05) is 0 Å². The third kappa shape index (κ3) is 2.25. The van der Waals surface area contributed by atoms with Crippen LogP contribution in [0.4, 0.5) is 0 Å². The summed E-state index contributed by atoms with van der Waals surface area (Å²) in [6, 6.07) is 7.08. The molecule has 0 atom stereocenters. The zero-order valence-electron chi connectivity index (χ0n) is 10.9. The number of carbonyl (C=O) groups excluding carboxylic acids is 1. The molecular formula is C14H12ClN3O. The van der Waals surface area contributed by atoms with E-state index in [1.54, 1.807) is 29.8 Å². The Bertz CT molecular complexity index is 710. The van der Waals surface area contributed by atoms with Gasteiger partial charge in [-0.2, -0.15) is 10.4 Å². The van der Waals surface area contributed by atoms with Crippen molar-refractivity contribution in [3.63, 3.8) is 0 Å². The van der Waals surface area contributed by atoms with Crippen LogP contribution < -0.4 is 0 Å². The minimum atomic E-state index is -0.0130. The summed E-state index contributed by atoms with van der Waals surface area (Å²) >= 11 is 6.01. The Kier molecular flexibility index (Phi) is 3.41. The van der Waals surface area contributed by atoms with Gasteiger partial charge in [0.05, 0.1) is 33.2 Å². The Morgan fingerprint density at radius 3 is 2.58 bits per heavy atom. The number of hydrogen-bond acceptors (Lipinski definition) is 3. The molecule has 0 radical (unpaired) electrons. The van der Waals surface area contributed by atoms with Gasteiger partial charge in [-0.1, -0.05) is 11.6 Å². The highest BCUT2D eigenvalue weighted by molar-refractivity contribution is 6.31. The molecule has 1 heterocycles. The van der Waals surface area contributed by atoms with Crippen molar-refractivity contribution >= 4 is 17.4 Å². The number of carbonyl (C=O) groups is 1. The van der Waals surface area contributed by atoms with Crippen molar-refractivity contribution in [1.82, 2.24) is 9.78 Å². The summed E-state index contributed by atoms with van der Waals surface area (Å²) in [5, 5.41) is 13.6. The Labute approximate surface area is 116 Å². The first-order valence-electron chi connectivity index (χ1n) is 5.73. The lowest BCUT2D eigenvalue weighted by atomic mass is 10.1. The molecule has 0 amide bonds. The van der Waals surface area contributed by atoms with Crippen molar-refractivity contribution in [3.05, 3.63) is 45.7 Å². The third-order valence-electron chi connectivity index (χ3n) is 2.96. The van der Waals surface area contributed by atoms with Crippen molar-refractivity contribution in [3.8, 4) is 11.8 Å². The number of ketones is 1. The van der Waals surface area contributed by atoms with Gasteiger partial charge in [0.25, 0.3) is 0 Å². The molecule has 0 spiro atoms. The quantitative estimate of drug-likeness (QED) is 0.790. The van der Waals surface area contributed by atoms with E-state index in [0.29, 0.717) is 21.8 Å². The summed E-state index contributed by atoms with van der Waals surface area (Å²) in [6.45, 7) is 5.15. The molecule has 0 aliphatic carbocycles. The highest BCUT2D eigenvalue weighted by Crippen LogP contribution is 2.23. The lowest BCUT2D eigenvalue weighted by Gasteiger charge is -2.06. The van der Waals surface area contributed by atoms with Gasteiger partial charge in [0.2, 0.25) is 0 Å². The van der Waals surface area contributed by atoms with Crippen LogP contribution in [0.2, 0.25) is 5.02 Å². The van der Waals surface area contributed by atoms with Crippen molar-refractivity contribution in [2.75, 3.05) is 0 Å². The molecule has 0 saturated heterocycles. The SMILES string of the molecule is CC(=O)c1c(C)nn(-c2ccc(C#N)c(Cl)c2)c1C. The minimum absolute atomic E-state index is 0.0130. The van der Waals surface area contributed by atoms with Crippen molar-refractivity contribution < 1.29 is 4.79 Å². The summed E-state index contributed by atoms with van der Waals surface area (Å²) in [5.74, 6) is -0.0130. The van der Waals surface area contributed by atoms with E-state index in [9.17, 15) is 4.79 Å². The number of halogens is 1. The first kappa shape index (κ1) is 13.3. The number of nitriles is 1. The molecule has 19 heavy (non-hydrogen) atoms. The average Bonchev–Trinajstić information content (AvgIpc) is 2.64. The zero-order chi connectivity index (χ0) is 14.2. The lowest BCUT2D eigenvalue weighted by Crippen LogP contribution is -2.01. The van der Waals surface area contributed by atoms with E-state index < -0.39 is 0 Å². The van der Waals surface area contributed by atoms with Crippen LogP contribution in [0.25, 0.3) is 5.69 Å². The van der Waals surface area contributed by atoms with Crippen LogP contribution in [0.15, 0.2) is 18.2 Å². The van der Waals surface area contributed by atoms with Crippen LogP contribution >= 0.6 is 11.6 Å². The molecule has 0 unspecified atom stereocenters. The normalized spacial score (nSPS) is 10.3. The Balaban J connectivity index is 2.61. The van der Waals surface area contributed by atoms with E-state index in [-0.39, 0.29) is 5.78 Å². The second-order valence-corrected chi connectivity index (χ2v) is 4.70. The smallest absolute Gasteiger partial charge is 0.163 e. The minimum Gasteiger partial charge on any atom is -0.294 e. The van der Waals surface area contributed by atoms with Gasteiger partial charge >= 0.3 is 0 Å². The number of rotatable bonds is 2. The van der Waals surface area contributed by atoms with Crippen LogP contribution in [0.1, 0.15) is 34.2 Å². The van der Waals surface area contributed by atoms with Gasteiger partial charge < -0.3 is 0 Å². The van der Waals surface area contributed by atoms with Gasteiger partial charge in [-0.15, -0.1) is 0 Å². The number of Topliss-reactive ketones (excluding diaryl/α,β-unsaturated/α-hetero) is 1. The molecule has 2 rings (SSSR count). The summed E-state index contributed by atoms with van der Waals surface area (Å²) in [7, 11) is 0. The average molecular weight is 274 g/mol. The standard InChI is InChI=1S/C14H12ClN3O/c1-8-14(10(3)19)9(2)18(17-8)12-5-4-11(7-16)13(15)6-12/h4-6H,1-3H3. The van der Waals surface area contributed by atoms with Crippen molar-refractivity contribution in [2.45, 2.75) is 20.8 Å². The number of aryl methyl sites for hydroxylation is 1. The van der Waals surface area contributed by atoms with E-state index in [4.69, 9.17) is 16.9 Å². The Hall–Kier alpha value is -2.12. The molecule has 0 saturated carbocycles. The number of benzene rings is 1. The van der Waals surface area contributed by atoms with Crippen LogP contribution in [0, 0.1) is 25.2 Å². The maximum Gasteiger partial charge on any atom is 0.163 e. The second-order valence-electron chi connectivity index (χ2n) is 4.29. The molecule has 5 heteroatoms. The molecular weight excluding hydrogens is 262 g/mol. The van der Waals surface area contributed by atoms with Crippen LogP contribution in [0.3, 0.4) is 0 Å². The second kappa shape index (κ2) is 4.87. The van der Waals surface area contributed by atoms with Crippen LogP contribution in [-0.2, 0) is 0 Å². The molecule has 0 fully saturated rings. The number of hydrogen-bond donors (Lipinski definition) is 0. The van der Waals surface area contributed by atoms with E-state index in [0.717, 1.165) is 11.4 Å². The fourth-order valence-electron chi connectivity index (χ4n) is 2.13. The molecule has 1 aromatic heterocycles. The Morgan fingerprint density at radius 2 is 2.11 bits per heavy atom. The lowest BCUT2D eigenvalue weighted by molar-refractivity contribution is 0.101. The fourth-order valence-corrected chi connectivity index (χ4v) is 2.35. The van der Waals surface area contributed by atoms with Gasteiger partial charge in [-0.05, 0) is 39.0 Å². The van der Waals surface area contributed by atoms with Crippen LogP contribution in [0.5, 0.6) is 0 Å². The highest BCUT2D eigenvalue weighted by Gasteiger charge is 2.16. The molecule has 4 nitrogen and oxygen atoms in total. The predicted molar refractivity (Wildman–Crippen MR) is 72.8 cm³/mol. The van der Waals surface area contributed by atoms with E-state index in [2.05, 4.69) is 5.10 Å². The molecule has 1 aromatic carbocycles. The number of nitrogens with zero attached hydrogens (tertiary/aromatic N) is 3. The largest absolute Gasteiger partial charge is 0.294 e. The third-order valence-corrected chi connectivity index (χ3v) is 3.27. The molecule has 0 aliphatic heterocycles. The summed E-state index contributed by atoms with van der Waals surface area (Å²) in [4.78, 5) is 11.6. The van der Waals surface area contributed by atoms with E-state index >= 15 is 0 Å². The van der Waals surface area contributed by atoms with Crippen molar-refractivity contribution in [1.29, 1.82) is 5.26 Å². The van der Waals surface area contributed by atoms with Gasteiger partial charge in [0.15, 0.2) is 5.78 Å². The topological polar surface area (TPSA) is 58.7 Å². The first-order chi connectivity index (χ1) is 8.95. The van der Waals surface area contributed by atoms with E-state index in [1.165, 1.54) is 6.92 Å².